The Bertz CT molecular complexity index is 850. The minimum Gasteiger partial charge on any atom is -0.489 e. The van der Waals surface area contributed by atoms with Crippen molar-refractivity contribution < 1.29 is 27.8 Å². The lowest BCUT2D eigenvalue weighted by Gasteiger charge is -2.26. The third kappa shape index (κ3) is 6.91. The average Bonchev–Trinajstić information content (AvgIpc) is 3.13. The van der Waals surface area contributed by atoms with E-state index in [-0.39, 0.29) is 6.10 Å². The highest BCUT2D eigenvalue weighted by atomic mass is 35.5. The van der Waals surface area contributed by atoms with Gasteiger partial charge in [0.05, 0.1) is 6.20 Å². The van der Waals surface area contributed by atoms with E-state index < -0.39 is 12.1 Å². The summed E-state index contributed by atoms with van der Waals surface area (Å²) in [7, 11) is 0. The number of hydrogen-bond donors (Lipinski definition) is 2. The number of carbonyl (C=O) groups is 1. The molecule has 0 amide bonds. The predicted octanol–water partition coefficient (Wildman–Crippen LogP) is 4.69. The van der Waals surface area contributed by atoms with Gasteiger partial charge in [-0.1, -0.05) is 18.5 Å². The summed E-state index contributed by atoms with van der Waals surface area (Å²) in [5.74, 6) is -1.81. The summed E-state index contributed by atoms with van der Waals surface area (Å²) in [6, 6.07) is 3.95. The minimum atomic E-state index is -5.08. The Labute approximate surface area is 178 Å². The fourth-order valence-electron chi connectivity index (χ4n) is 3.03. The molecule has 2 heterocycles. The SMILES string of the molecule is CCCn1cc(-c2cc(Cl)cc(C)c2OC2CCNCC2)cn1.O=C(O)C(F)(F)F. The third-order valence-corrected chi connectivity index (χ3v) is 4.67. The van der Waals surface area contributed by atoms with Crippen molar-refractivity contribution in [1.82, 2.24) is 15.1 Å². The van der Waals surface area contributed by atoms with Crippen LogP contribution >= 0.6 is 11.6 Å². The van der Waals surface area contributed by atoms with Gasteiger partial charge in [-0.2, -0.15) is 18.3 Å². The quantitative estimate of drug-likeness (QED) is 0.695. The largest absolute Gasteiger partial charge is 0.490 e. The van der Waals surface area contributed by atoms with Gasteiger partial charge in [0.2, 0.25) is 0 Å². The lowest BCUT2D eigenvalue weighted by atomic mass is 10.0. The van der Waals surface area contributed by atoms with E-state index in [0.717, 1.165) is 66.4 Å². The van der Waals surface area contributed by atoms with Crippen LogP contribution in [0, 0.1) is 6.92 Å². The highest BCUT2D eigenvalue weighted by molar-refractivity contribution is 6.31. The second-order valence-electron chi connectivity index (χ2n) is 6.96. The molecule has 1 saturated heterocycles. The van der Waals surface area contributed by atoms with Gasteiger partial charge in [-0.3, -0.25) is 4.68 Å². The molecule has 0 atom stereocenters. The summed E-state index contributed by atoms with van der Waals surface area (Å²) in [4.78, 5) is 8.90. The topological polar surface area (TPSA) is 76.4 Å². The van der Waals surface area contributed by atoms with Crippen molar-refractivity contribution in [3.63, 3.8) is 0 Å². The molecule has 1 fully saturated rings. The zero-order chi connectivity index (χ0) is 22.3. The second-order valence-corrected chi connectivity index (χ2v) is 7.40. The number of carboxylic acid groups (broad SMARTS) is 1. The van der Waals surface area contributed by atoms with E-state index in [4.69, 9.17) is 26.2 Å². The molecule has 30 heavy (non-hydrogen) atoms. The first-order valence-electron chi connectivity index (χ1n) is 9.62. The molecule has 0 bridgehead atoms. The Kier molecular flexibility index (Phi) is 8.54. The van der Waals surface area contributed by atoms with Gasteiger partial charge in [0.25, 0.3) is 0 Å². The van der Waals surface area contributed by atoms with Gasteiger partial charge in [-0.25, -0.2) is 4.79 Å². The number of nitrogens with one attached hydrogen (secondary N) is 1. The molecule has 0 radical (unpaired) electrons. The lowest BCUT2D eigenvalue weighted by molar-refractivity contribution is -0.192. The van der Waals surface area contributed by atoms with Gasteiger partial charge >= 0.3 is 12.1 Å². The molecule has 1 aromatic heterocycles. The van der Waals surface area contributed by atoms with Crippen LogP contribution in [0.2, 0.25) is 5.02 Å². The molecule has 2 aromatic rings. The van der Waals surface area contributed by atoms with Crippen LogP contribution in [0.1, 0.15) is 31.7 Å². The van der Waals surface area contributed by atoms with Gasteiger partial charge in [-0.15, -0.1) is 0 Å². The number of hydrogen-bond acceptors (Lipinski definition) is 4. The molecule has 0 saturated carbocycles. The molecular formula is C20H25ClF3N3O3. The van der Waals surface area contributed by atoms with Crippen molar-refractivity contribution in [2.24, 2.45) is 0 Å². The number of aliphatic carboxylic acids is 1. The average molecular weight is 448 g/mol. The third-order valence-electron chi connectivity index (χ3n) is 4.45. The molecule has 6 nitrogen and oxygen atoms in total. The maximum absolute atomic E-state index is 10.6. The van der Waals surface area contributed by atoms with Crippen molar-refractivity contribution in [1.29, 1.82) is 0 Å². The molecule has 0 aliphatic carbocycles. The number of halogens is 4. The van der Waals surface area contributed by atoms with Gasteiger partial charge in [0.1, 0.15) is 11.9 Å². The number of rotatable bonds is 5. The van der Waals surface area contributed by atoms with Crippen LogP contribution in [0.3, 0.4) is 0 Å². The molecule has 1 aliphatic heterocycles. The fraction of sp³-hybridized carbons (Fsp3) is 0.500. The standard InChI is InChI=1S/C18H24ClN3O.C2HF3O2/c1-3-8-22-12-14(11-21-22)17-10-15(19)9-13(2)18(17)23-16-4-6-20-7-5-16;3-2(4,5)1(6)7/h9-12,16,20H,3-8H2,1-2H3;(H,6,7). The number of carboxylic acids is 1. The van der Waals surface area contributed by atoms with Crippen LogP contribution in [-0.2, 0) is 11.3 Å². The molecular weight excluding hydrogens is 423 g/mol. The van der Waals surface area contributed by atoms with Crippen LogP contribution in [0.4, 0.5) is 13.2 Å². The molecule has 10 heteroatoms. The normalized spacial score (nSPS) is 14.7. The van der Waals surface area contributed by atoms with E-state index >= 15 is 0 Å². The van der Waals surface area contributed by atoms with E-state index in [2.05, 4.69) is 30.5 Å². The minimum absolute atomic E-state index is 0.264. The lowest BCUT2D eigenvalue weighted by Crippen LogP contribution is -2.34. The summed E-state index contributed by atoms with van der Waals surface area (Å²) in [5, 5.41) is 15.7. The van der Waals surface area contributed by atoms with Gasteiger partial charge in [0, 0.05) is 28.9 Å². The van der Waals surface area contributed by atoms with Crippen molar-refractivity contribution in [3.05, 3.63) is 35.1 Å². The number of alkyl halides is 3. The van der Waals surface area contributed by atoms with Crippen LogP contribution in [-0.4, -0.2) is 46.2 Å². The van der Waals surface area contributed by atoms with E-state index in [9.17, 15) is 13.2 Å². The molecule has 2 N–H and O–H groups in total. The van der Waals surface area contributed by atoms with E-state index in [1.165, 1.54) is 0 Å². The first kappa shape index (κ1) is 24.0. The molecule has 3 rings (SSSR count). The number of piperidine rings is 1. The van der Waals surface area contributed by atoms with Crippen molar-refractivity contribution in [2.45, 2.75) is 51.9 Å². The maximum Gasteiger partial charge on any atom is 0.490 e. The molecule has 1 aromatic carbocycles. The van der Waals surface area contributed by atoms with Gasteiger partial charge in [0.15, 0.2) is 0 Å². The van der Waals surface area contributed by atoms with Crippen molar-refractivity contribution in [2.75, 3.05) is 13.1 Å². The molecule has 166 valence electrons. The summed E-state index contributed by atoms with van der Waals surface area (Å²) in [5.41, 5.74) is 3.18. The Hall–Kier alpha value is -2.26. The Morgan fingerprint density at radius 3 is 2.57 bits per heavy atom. The summed E-state index contributed by atoms with van der Waals surface area (Å²) in [6.45, 7) is 7.16. The van der Waals surface area contributed by atoms with E-state index in [1.54, 1.807) is 0 Å². The van der Waals surface area contributed by atoms with E-state index in [1.807, 2.05) is 23.0 Å². The predicted molar refractivity (Wildman–Crippen MR) is 108 cm³/mol. The first-order valence-corrected chi connectivity index (χ1v) is 10.00. The van der Waals surface area contributed by atoms with Crippen molar-refractivity contribution >= 4 is 17.6 Å². The smallest absolute Gasteiger partial charge is 0.489 e. The molecule has 1 aliphatic rings. The summed E-state index contributed by atoms with van der Waals surface area (Å²) in [6.07, 6.45) is 2.29. The number of aromatic nitrogens is 2. The Morgan fingerprint density at radius 2 is 2.00 bits per heavy atom. The zero-order valence-corrected chi connectivity index (χ0v) is 17.6. The van der Waals surface area contributed by atoms with Crippen LogP contribution < -0.4 is 10.1 Å². The highest BCUT2D eigenvalue weighted by Crippen LogP contribution is 2.37. The highest BCUT2D eigenvalue weighted by Gasteiger charge is 2.38. The molecule has 0 spiro atoms. The Balaban J connectivity index is 0.000000396. The number of aryl methyl sites for hydroxylation is 2. The maximum atomic E-state index is 10.6. The second kappa shape index (κ2) is 10.7. The van der Waals surface area contributed by atoms with Gasteiger partial charge in [-0.05, 0) is 57.0 Å². The van der Waals surface area contributed by atoms with Crippen LogP contribution in [0.25, 0.3) is 11.1 Å². The summed E-state index contributed by atoms with van der Waals surface area (Å²) < 4.78 is 40.1. The van der Waals surface area contributed by atoms with Crippen molar-refractivity contribution in [3.8, 4) is 16.9 Å². The van der Waals surface area contributed by atoms with Crippen LogP contribution in [0.5, 0.6) is 5.75 Å². The fourth-order valence-corrected chi connectivity index (χ4v) is 3.31. The zero-order valence-electron chi connectivity index (χ0n) is 16.8. The Morgan fingerprint density at radius 1 is 1.37 bits per heavy atom. The number of benzene rings is 1. The van der Waals surface area contributed by atoms with E-state index in [0.29, 0.717) is 0 Å². The number of nitrogens with zero attached hydrogens (tertiary/aromatic N) is 2. The monoisotopic (exact) mass is 447 g/mol. The number of ether oxygens (including phenoxy) is 1. The van der Waals surface area contributed by atoms with Gasteiger partial charge < -0.3 is 15.2 Å². The molecule has 0 unspecified atom stereocenters. The first-order chi connectivity index (χ1) is 14.1. The van der Waals surface area contributed by atoms with Crippen LogP contribution in [0.15, 0.2) is 24.5 Å². The summed E-state index contributed by atoms with van der Waals surface area (Å²) >= 11 is 6.29.